The van der Waals surface area contributed by atoms with Crippen molar-refractivity contribution in [1.29, 1.82) is 0 Å². The number of hydrogen-bond acceptors (Lipinski definition) is 6. The second-order valence-electron chi connectivity index (χ2n) is 3.59. The molecule has 0 saturated heterocycles. The molecule has 2 aromatic rings. The zero-order valence-corrected chi connectivity index (χ0v) is 11.0. The lowest BCUT2D eigenvalue weighted by atomic mass is 10.4. The molecule has 0 spiro atoms. The summed E-state index contributed by atoms with van der Waals surface area (Å²) in [6, 6.07) is 0. The molecule has 0 bridgehead atoms. The number of amides is 2. The van der Waals surface area contributed by atoms with Crippen molar-refractivity contribution < 1.29 is 9.59 Å². The molecule has 19 heavy (non-hydrogen) atoms. The van der Waals surface area contributed by atoms with Gasteiger partial charge in [0.15, 0.2) is 10.9 Å². The predicted molar refractivity (Wildman–Crippen MR) is 69.7 cm³/mol. The van der Waals surface area contributed by atoms with Crippen molar-refractivity contribution in [3.8, 4) is 0 Å². The van der Waals surface area contributed by atoms with Crippen LogP contribution >= 0.6 is 11.3 Å². The van der Waals surface area contributed by atoms with Gasteiger partial charge in [-0.2, -0.15) is 0 Å². The molecule has 0 aliphatic carbocycles. The van der Waals surface area contributed by atoms with Crippen LogP contribution in [0.3, 0.4) is 0 Å². The Bertz CT molecular complexity index is 564. The molecule has 0 aliphatic rings. The molecular formula is C10H12N6O2S. The summed E-state index contributed by atoms with van der Waals surface area (Å²) >= 11 is 1.33. The molecule has 0 aliphatic heterocycles. The number of thiazole rings is 1. The van der Waals surface area contributed by atoms with E-state index in [0.717, 1.165) is 0 Å². The van der Waals surface area contributed by atoms with Crippen LogP contribution in [0.25, 0.3) is 0 Å². The Morgan fingerprint density at radius 1 is 1.37 bits per heavy atom. The van der Waals surface area contributed by atoms with Crippen LogP contribution in [0, 0.1) is 0 Å². The highest BCUT2D eigenvalue weighted by atomic mass is 32.1. The maximum atomic E-state index is 11.6. The monoisotopic (exact) mass is 280 g/mol. The molecule has 2 heterocycles. The van der Waals surface area contributed by atoms with E-state index in [4.69, 9.17) is 0 Å². The van der Waals surface area contributed by atoms with E-state index >= 15 is 0 Å². The molecular weight excluding hydrogens is 268 g/mol. The quantitative estimate of drug-likeness (QED) is 0.840. The number of carbonyl (C=O) groups excluding carboxylic acids is 2. The largest absolute Gasteiger partial charge is 0.308 e. The summed E-state index contributed by atoms with van der Waals surface area (Å²) in [6.45, 7) is 1.75. The number of carbonyl (C=O) groups is 2. The Hall–Kier alpha value is -2.29. The fourth-order valence-electron chi connectivity index (χ4n) is 1.26. The molecule has 0 atom stereocenters. The molecule has 8 nitrogen and oxygen atoms in total. The third-order valence-electron chi connectivity index (χ3n) is 2.11. The lowest BCUT2D eigenvalue weighted by Crippen LogP contribution is -2.19. The summed E-state index contributed by atoms with van der Waals surface area (Å²) in [5.74, 6) is -0.0820. The zero-order chi connectivity index (χ0) is 13.7. The highest BCUT2D eigenvalue weighted by Crippen LogP contribution is 2.10. The first-order valence-corrected chi connectivity index (χ1v) is 6.44. The van der Waals surface area contributed by atoms with Gasteiger partial charge >= 0.3 is 0 Å². The summed E-state index contributed by atoms with van der Waals surface area (Å²) in [5, 5.41) is 15.0. The maximum Gasteiger partial charge on any atom is 0.247 e. The highest BCUT2D eigenvalue weighted by molar-refractivity contribution is 7.13. The molecule has 2 amide bonds. The third-order valence-corrected chi connectivity index (χ3v) is 2.80. The minimum absolute atomic E-state index is 0.00851. The van der Waals surface area contributed by atoms with Gasteiger partial charge in [0.25, 0.3) is 0 Å². The van der Waals surface area contributed by atoms with Gasteiger partial charge in [0, 0.05) is 18.0 Å². The number of nitrogens with zero attached hydrogens (tertiary/aromatic N) is 4. The van der Waals surface area contributed by atoms with Crippen molar-refractivity contribution in [1.82, 2.24) is 20.0 Å². The lowest BCUT2D eigenvalue weighted by Gasteiger charge is -2.00. The fourth-order valence-corrected chi connectivity index (χ4v) is 1.80. The van der Waals surface area contributed by atoms with Gasteiger partial charge in [-0.05, 0) is 0 Å². The van der Waals surface area contributed by atoms with Crippen molar-refractivity contribution >= 4 is 34.1 Å². The molecule has 0 saturated carbocycles. The predicted octanol–water partition coefficient (Wildman–Crippen LogP) is 0.722. The molecule has 0 radical (unpaired) electrons. The normalized spacial score (nSPS) is 10.2. The van der Waals surface area contributed by atoms with Crippen molar-refractivity contribution in [2.24, 2.45) is 0 Å². The Morgan fingerprint density at radius 2 is 2.21 bits per heavy atom. The first-order chi connectivity index (χ1) is 9.17. The minimum atomic E-state index is -0.256. The number of nitrogens with one attached hydrogen (secondary N) is 2. The SMILES string of the molecule is CCC(=O)Nc1cn(CC(=O)Nc2nccs2)nn1. The van der Waals surface area contributed by atoms with Gasteiger partial charge in [-0.25, -0.2) is 9.67 Å². The summed E-state index contributed by atoms with van der Waals surface area (Å²) in [5.41, 5.74) is 0. The molecule has 9 heteroatoms. The van der Waals surface area contributed by atoms with Crippen LogP contribution in [0.15, 0.2) is 17.8 Å². The molecule has 0 fully saturated rings. The van der Waals surface area contributed by atoms with Gasteiger partial charge in [-0.1, -0.05) is 12.1 Å². The molecule has 2 N–H and O–H groups in total. The average Bonchev–Trinajstić information content (AvgIpc) is 3.01. The van der Waals surface area contributed by atoms with Crippen LogP contribution in [0.1, 0.15) is 13.3 Å². The topological polar surface area (TPSA) is 102 Å². The molecule has 0 aromatic carbocycles. The van der Waals surface area contributed by atoms with Crippen LogP contribution < -0.4 is 10.6 Å². The summed E-state index contributed by atoms with van der Waals surface area (Å²) in [7, 11) is 0. The first-order valence-electron chi connectivity index (χ1n) is 5.56. The maximum absolute atomic E-state index is 11.6. The van der Waals surface area contributed by atoms with Crippen LogP contribution in [-0.2, 0) is 16.1 Å². The Kier molecular flexibility index (Phi) is 4.18. The van der Waals surface area contributed by atoms with Crippen LogP contribution in [0.5, 0.6) is 0 Å². The van der Waals surface area contributed by atoms with Crippen LogP contribution in [0.4, 0.5) is 10.9 Å². The van der Waals surface area contributed by atoms with E-state index in [-0.39, 0.29) is 18.4 Å². The second kappa shape index (κ2) is 6.05. The van der Waals surface area contributed by atoms with Crippen molar-refractivity contribution in [3.63, 3.8) is 0 Å². The summed E-state index contributed by atoms with van der Waals surface area (Å²) in [4.78, 5) is 26.7. The van der Waals surface area contributed by atoms with E-state index in [1.165, 1.54) is 22.2 Å². The number of rotatable bonds is 5. The van der Waals surface area contributed by atoms with Crippen molar-refractivity contribution in [2.75, 3.05) is 10.6 Å². The van der Waals surface area contributed by atoms with E-state index in [1.54, 1.807) is 18.5 Å². The fraction of sp³-hybridized carbons (Fsp3) is 0.300. The standard InChI is InChI=1S/C10H12N6O2S/c1-2-8(17)12-7-5-16(15-14-7)6-9(18)13-10-11-3-4-19-10/h3-5H,2,6H2,1H3,(H,12,17)(H,11,13,18). The molecule has 2 aromatic heterocycles. The van der Waals surface area contributed by atoms with Gasteiger partial charge in [-0.3, -0.25) is 9.59 Å². The van der Waals surface area contributed by atoms with E-state index < -0.39 is 0 Å². The summed E-state index contributed by atoms with van der Waals surface area (Å²) in [6.07, 6.45) is 3.46. The Labute approximate surface area is 112 Å². The Balaban J connectivity index is 1.89. The van der Waals surface area contributed by atoms with Crippen molar-refractivity contribution in [2.45, 2.75) is 19.9 Å². The third kappa shape index (κ3) is 3.85. The van der Waals surface area contributed by atoms with E-state index in [9.17, 15) is 9.59 Å². The van der Waals surface area contributed by atoms with Gasteiger partial charge in [0.05, 0.1) is 6.20 Å². The van der Waals surface area contributed by atoms with E-state index in [0.29, 0.717) is 17.4 Å². The van der Waals surface area contributed by atoms with Crippen LogP contribution in [0.2, 0.25) is 0 Å². The molecule has 100 valence electrons. The van der Waals surface area contributed by atoms with Gasteiger partial charge in [-0.15, -0.1) is 16.4 Å². The molecule has 0 unspecified atom stereocenters. The number of anilines is 2. The second-order valence-corrected chi connectivity index (χ2v) is 4.48. The average molecular weight is 280 g/mol. The summed E-state index contributed by atoms with van der Waals surface area (Å²) < 4.78 is 1.34. The smallest absolute Gasteiger partial charge is 0.247 e. The van der Waals surface area contributed by atoms with Crippen LogP contribution in [-0.4, -0.2) is 31.8 Å². The Morgan fingerprint density at radius 3 is 2.89 bits per heavy atom. The van der Waals surface area contributed by atoms with Gasteiger partial charge in [0.2, 0.25) is 11.8 Å². The van der Waals surface area contributed by atoms with Gasteiger partial charge < -0.3 is 10.6 Å². The zero-order valence-electron chi connectivity index (χ0n) is 10.2. The van der Waals surface area contributed by atoms with Crippen molar-refractivity contribution in [3.05, 3.63) is 17.8 Å². The number of aromatic nitrogens is 4. The molecule has 2 rings (SSSR count). The lowest BCUT2D eigenvalue weighted by molar-refractivity contribution is -0.117. The first kappa shape index (κ1) is 13.1. The van der Waals surface area contributed by atoms with E-state index in [2.05, 4.69) is 25.9 Å². The number of hydrogen-bond donors (Lipinski definition) is 2. The minimum Gasteiger partial charge on any atom is -0.308 e. The highest BCUT2D eigenvalue weighted by Gasteiger charge is 2.08. The van der Waals surface area contributed by atoms with Gasteiger partial charge in [0.1, 0.15) is 6.54 Å². The van der Waals surface area contributed by atoms with E-state index in [1.807, 2.05) is 0 Å².